The summed E-state index contributed by atoms with van der Waals surface area (Å²) in [6, 6.07) is 8.87. The second-order valence-corrected chi connectivity index (χ2v) is 4.84. The van der Waals surface area contributed by atoms with E-state index in [0.29, 0.717) is 5.56 Å². The Kier molecular flexibility index (Phi) is 3.00. The Morgan fingerprint density at radius 3 is 2.27 bits per heavy atom. The van der Waals surface area contributed by atoms with E-state index in [9.17, 15) is 19.6 Å². The lowest BCUT2D eigenvalue weighted by atomic mass is 9.98. The molecular weight excluding hydrogens is 284 g/mol. The molecule has 0 amide bonds. The highest BCUT2D eigenvalue weighted by Crippen LogP contribution is 2.26. The summed E-state index contributed by atoms with van der Waals surface area (Å²) in [7, 11) is 0. The van der Waals surface area contributed by atoms with E-state index in [4.69, 9.17) is 0 Å². The maximum absolute atomic E-state index is 12.1. The Hall–Kier alpha value is -3.40. The number of aromatic amines is 3. The van der Waals surface area contributed by atoms with Crippen LogP contribution in [0.1, 0.15) is 11.1 Å². The molecule has 0 spiro atoms. The summed E-state index contributed by atoms with van der Waals surface area (Å²) in [6.45, 7) is 1.90. The van der Waals surface area contributed by atoms with Crippen molar-refractivity contribution < 1.29 is 0 Å². The molecule has 3 aromatic rings. The normalized spacial score (nSPS) is 10.5. The van der Waals surface area contributed by atoms with E-state index in [0.717, 1.165) is 5.56 Å². The van der Waals surface area contributed by atoms with Crippen molar-refractivity contribution in [3.05, 3.63) is 66.6 Å². The number of nitriles is 1. The molecule has 7 nitrogen and oxygen atoms in total. The molecule has 2 aromatic heterocycles. The number of nitrogens with zero attached hydrogens (tertiary/aromatic N) is 1. The molecule has 0 fully saturated rings. The average molecular weight is 294 g/mol. The number of hydrogen-bond donors (Lipinski definition) is 3. The Morgan fingerprint density at radius 2 is 1.64 bits per heavy atom. The van der Waals surface area contributed by atoms with Gasteiger partial charge < -0.3 is 4.98 Å². The Balaban J connectivity index is 2.59. The number of fused-ring (bicyclic) bond motifs is 1. The fourth-order valence-corrected chi connectivity index (χ4v) is 2.35. The largest absolute Gasteiger partial charge is 0.327 e. The van der Waals surface area contributed by atoms with Crippen molar-refractivity contribution in [3.63, 3.8) is 0 Å². The smallest absolute Gasteiger partial charge is 0.307 e. The maximum Gasteiger partial charge on any atom is 0.327 e. The third kappa shape index (κ3) is 2.03. The Labute approximate surface area is 122 Å². The zero-order chi connectivity index (χ0) is 15.9. The van der Waals surface area contributed by atoms with Gasteiger partial charge in [-0.15, -0.1) is 0 Å². The zero-order valence-corrected chi connectivity index (χ0v) is 11.5. The van der Waals surface area contributed by atoms with Crippen molar-refractivity contribution in [2.24, 2.45) is 0 Å². The minimum atomic E-state index is -0.729. The van der Waals surface area contributed by atoms with Crippen molar-refractivity contribution in [2.75, 3.05) is 0 Å². The van der Waals surface area contributed by atoms with Crippen molar-refractivity contribution in [1.82, 2.24) is 15.0 Å². The lowest BCUT2D eigenvalue weighted by Gasteiger charge is -2.08. The Bertz CT molecular complexity index is 1100. The van der Waals surface area contributed by atoms with Crippen LogP contribution >= 0.6 is 0 Å². The molecule has 1 aromatic carbocycles. The molecule has 2 heterocycles. The number of benzene rings is 1. The first kappa shape index (κ1) is 13.6. The van der Waals surface area contributed by atoms with Crippen LogP contribution in [-0.4, -0.2) is 15.0 Å². The van der Waals surface area contributed by atoms with E-state index in [-0.39, 0.29) is 22.2 Å². The van der Waals surface area contributed by atoms with Crippen molar-refractivity contribution in [2.45, 2.75) is 6.92 Å². The summed E-state index contributed by atoms with van der Waals surface area (Å²) in [5.74, 6) is 0. The molecule has 0 saturated heterocycles. The molecule has 3 N–H and O–H groups in total. The first-order valence-electron chi connectivity index (χ1n) is 6.41. The molecule has 0 unspecified atom stereocenters. The summed E-state index contributed by atoms with van der Waals surface area (Å²) >= 11 is 0. The van der Waals surface area contributed by atoms with Crippen LogP contribution in [0.15, 0.2) is 38.6 Å². The number of pyridine rings is 1. The van der Waals surface area contributed by atoms with E-state index >= 15 is 0 Å². The summed E-state index contributed by atoms with van der Waals surface area (Å²) in [5.41, 5.74) is -0.475. The van der Waals surface area contributed by atoms with Crippen LogP contribution in [0, 0.1) is 18.3 Å². The molecule has 0 aliphatic heterocycles. The SMILES string of the molecule is Cc1ccc(-c2c(C#N)c(=O)[nH]c3[nH]c(=O)[nH]c(=O)c23)cc1. The highest BCUT2D eigenvalue weighted by molar-refractivity contribution is 5.94. The van der Waals surface area contributed by atoms with Crippen LogP contribution in [0.25, 0.3) is 22.2 Å². The van der Waals surface area contributed by atoms with E-state index in [2.05, 4.69) is 15.0 Å². The van der Waals surface area contributed by atoms with Crippen molar-refractivity contribution in [1.29, 1.82) is 5.26 Å². The van der Waals surface area contributed by atoms with E-state index in [1.54, 1.807) is 12.1 Å². The summed E-state index contributed by atoms with van der Waals surface area (Å²) in [4.78, 5) is 42.4. The van der Waals surface area contributed by atoms with Crippen LogP contribution in [0.3, 0.4) is 0 Å². The van der Waals surface area contributed by atoms with E-state index in [1.165, 1.54) is 0 Å². The topological polar surface area (TPSA) is 122 Å². The molecule has 0 saturated carbocycles. The second-order valence-electron chi connectivity index (χ2n) is 4.84. The lowest BCUT2D eigenvalue weighted by molar-refractivity contribution is 1.05. The molecule has 3 rings (SSSR count). The predicted octanol–water partition coefficient (Wildman–Crippen LogP) is 0.752. The van der Waals surface area contributed by atoms with Crippen LogP contribution in [0.5, 0.6) is 0 Å². The number of aromatic nitrogens is 3. The van der Waals surface area contributed by atoms with Gasteiger partial charge in [0, 0.05) is 5.56 Å². The summed E-state index contributed by atoms with van der Waals surface area (Å²) < 4.78 is 0. The summed E-state index contributed by atoms with van der Waals surface area (Å²) in [6.07, 6.45) is 0. The van der Waals surface area contributed by atoms with E-state index in [1.807, 2.05) is 25.1 Å². The second kappa shape index (κ2) is 4.86. The van der Waals surface area contributed by atoms with Gasteiger partial charge in [0.2, 0.25) is 0 Å². The molecule has 7 heteroatoms. The molecule has 0 aliphatic carbocycles. The third-order valence-electron chi connectivity index (χ3n) is 3.36. The molecule has 22 heavy (non-hydrogen) atoms. The van der Waals surface area contributed by atoms with Gasteiger partial charge >= 0.3 is 5.69 Å². The molecule has 0 bridgehead atoms. The monoisotopic (exact) mass is 294 g/mol. The minimum absolute atomic E-state index is 0.00618. The Morgan fingerprint density at radius 1 is 0.955 bits per heavy atom. The standard InChI is InChI=1S/C15H10N4O3/c1-7-2-4-8(5-3-7)10-9(6-16)13(20)17-12-11(10)14(21)19-15(22)18-12/h2-5H,1H3,(H3,17,18,19,20,21,22). The van der Waals surface area contributed by atoms with Crippen LogP contribution < -0.4 is 16.8 Å². The number of hydrogen-bond acceptors (Lipinski definition) is 4. The fourth-order valence-electron chi connectivity index (χ4n) is 2.35. The molecule has 0 radical (unpaired) electrons. The average Bonchev–Trinajstić information content (AvgIpc) is 2.46. The number of aryl methyl sites for hydroxylation is 1. The number of H-pyrrole nitrogens is 3. The van der Waals surface area contributed by atoms with Crippen LogP contribution in [0.4, 0.5) is 0 Å². The van der Waals surface area contributed by atoms with Crippen LogP contribution in [0.2, 0.25) is 0 Å². The van der Waals surface area contributed by atoms with E-state index < -0.39 is 16.8 Å². The van der Waals surface area contributed by atoms with Gasteiger partial charge in [-0.2, -0.15) is 5.26 Å². The first-order valence-corrected chi connectivity index (χ1v) is 6.41. The van der Waals surface area contributed by atoms with Gasteiger partial charge in [0.05, 0.1) is 5.39 Å². The first-order chi connectivity index (χ1) is 10.5. The van der Waals surface area contributed by atoms with Gasteiger partial charge in [0.1, 0.15) is 17.3 Å². The molecule has 0 aliphatic rings. The van der Waals surface area contributed by atoms with Gasteiger partial charge in [-0.25, -0.2) is 4.79 Å². The zero-order valence-electron chi connectivity index (χ0n) is 11.5. The predicted molar refractivity (Wildman–Crippen MR) is 80.7 cm³/mol. The van der Waals surface area contributed by atoms with Gasteiger partial charge in [-0.05, 0) is 12.5 Å². The quantitative estimate of drug-likeness (QED) is 0.613. The third-order valence-corrected chi connectivity index (χ3v) is 3.36. The highest BCUT2D eigenvalue weighted by atomic mass is 16.2. The number of nitrogens with one attached hydrogen (secondary N) is 3. The minimum Gasteiger partial charge on any atom is -0.307 e. The fraction of sp³-hybridized carbons (Fsp3) is 0.0667. The highest BCUT2D eigenvalue weighted by Gasteiger charge is 2.17. The van der Waals surface area contributed by atoms with Gasteiger partial charge in [0.15, 0.2) is 0 Å². The van der Waals surface area contributed by atoms with Crippen LogP contribution in [-0.2, 0) is 0 Å². The van der Waals surface area contributed by atoms with Crippen molar-refractivity contribution >= 4 is 11.0 Å². The number of rotatable bonds is 1. The summed E-state index contributed by atoms with van der Waals surface area (Å²) in [5, 5.41) is 9.34. The lowest BCUT2D eigenvalue weighted by Crippen LogP contribution is -2.26. The molecule has 0 atom stereocenters. The molecular formula is C15H10N4O3. The van der Waals surface area contributed by atoms with Gasteiger partial charge in [0.25, 0.3) is 11.1 Å². The molecule has 108 valence electrons. The maximum atomic E-state index is 12.1. The van der Waals surface area contributed by atoms with Crippen molar-refractivity contribution in [3.8, 4) is 17.2 Å². The van der Waals surface area contributed by atoms with Gasteiger partial charge in [-0.3, -0.25) is 19.6 Å². The van der Waals surface area contributed by atoms with Gasteiger partial charge in [-0.1, -0.05) is 29.8 Å².